The van der Waals surface area contributed by atoms with Crippen LogP contribution in [0.4, 0.5) is 5.69 Å². The van der Waals surface area contributed by atoms with Gasteiger partial charge in [0.2, 0.25) is 10.0 Å². The lowest BCUT2D eigenvalue weighted by molar-refractivity contribution is 0.266. The second kappa shape index (κ2) is 4.56. The van der Waals surface area contributed by atoms with E-state index in [1.54, 1.807) is 0 Å². The van der Waals surface area contributed by atoms with Crippen LogP contribution in [0.25, 0.3) is 0 Å². The van der Waals surface area contributed by atoms with E-state index >= 15 is 0 Å². The molecule has 1 aromatic rings. The molecular weight excluding hydrogens is 218 g/mol. The third kappa shape index (κ3) is 2.65. The first kappa shape index (κ1) is 11.9. The number of rotatable bonds is 4. The van der Waals surface area contributed by atoms with Gasteiger partial charge in [-0.3, -0.25) is 4.98 Å². The van der Waals surface area contributed by atoms with Gasteiger partial charge in [0, 0.05) is 26.0 Å². The zero-order valence-electron chi connectivity index (χ0n) is 8.29. The standard InChI is InChI=1S/C8H13N3O3S/c1-11(2-3-12)15(13,14)8-4-7(9)5-10-6-8/h4-6,12H,2-3,9H2,1H3. The Morgan fingerprint density at radius 3 is 2.73 bits per heavy atom. The zero-order chi connectivity index (χ0) is 11.5. The molecule has 0 unspecified atom stereocenters. The lowest BCUT2D eigenvalue weighted by Gasteiger charge is -2.15. The van der Waals surface area contributed by atoms with E-state index < -0.39 is 10.0 Å². The fraction of sp³-hybridized carbons (Fsp3) is 0.375. The molecule has 0 bridgehead atoms. The number of nitrogen functional groups attached to an aromatic ring is 1. The highest BCUT2D eigenvalue weighted by atomic mass is 32.2. The van der Waals surface area contributed by atoms with E-state index in [1.165, 1.54) is 25.5 Å². The van der Waals surface area contributed by atoms with Gasteiger partial charge in [0.15, 0.2) is 0 Å². The van der Waals surface area contributed by atoms with Gasteiger partial charge in [-0.05, 0) is 6.07 Å². The Bertz CT molecular complexity index is 433. The minimum atomic E-state index is -3.59. The van der Waals surface area contributed by atoms with E-state index in [9.17, 15) is 8.42 Å². The molecule has 0 amide bonds. The molecule has 0 aliphatic carbocycles. The molecule has 0 fully saturated rings. The van der Waals surface area contributed by atoms with E-state index in [0.717, 1.165) is 4.31 Å². The maximum absolute atomic E-state index is 11.8. The normalized spacial score (nSPS) is 11.9. The predicted octanol–water partition coefficient (Wildman–Crippen LogP) is -0.723. The van der Waals surface area contributed by atoms with Gasteiger partial charge in [-0.1, -0.05) is 0 Å². The smallest absolute Gasteiger partial charge is 0.244 e. The van der Waals surface area contributed by atoms with Crippen LogP contribution in [0, 0.1) is 0 Å². The van der Waals surface area contributed by atoms with Crippen molar-refractivity contribution in [3.05, 3.63) is 18.5 Å². The highest BCUT2D eigenvalue weighted by Crippen LogP contribution is 2.14. The van der Waals surface area contributed by atoms with Crippen LogP contribution in [-0.4, -0.2) is 43.0 Å². The Morgan fingerprint density at radius 2 is 2.20 bits per heavy atom. The van der Waals surface area contributed by atoms with Crippen LogP contribution in [-0.2, 0) is 10.0 Å². The molecule has 15 heavy (non-hydrogen) atoms. The van der Waals surface area contributed by atoms with Crippen LogP contribution >= 0.6 is 0 Å². The Morgan fingerprint density at radius 1 is 1.53 bits per heavy atom. The molecule has 1 heterocycles. The predicted molar refractivity (Wildman–Crippen MR) is 55.6 cm³/mol. The fourth-order valence-corrected chi connectivity index (χ4v) is 2.18. The van der Waals surface area contributed by atoms with Crippen LogP contribution in [0.5, 0.6) is 0 Å². The number of aliphatic hydroxyl groups excluding tert-OH is 1. The van der Waals surface area contributed by atoms with Crippen molar-refractivity contribution in [2.75, 3.05) is 25.9 Å². The van der Waals surface area contributed by atoms with E-state index in [4.69, 9.17) is 10.8 Å². The lowest BCUT2D eigenvalue weighted by atomic mass is 10.4. The SMILES string of the molecule is CN(CCO)S(=O)(=O)c1cncc(N)c1. The van der Waals surface area contributed by atoms with Gasteiger partial charge in [0.1, 0.15) is 4.90 Å². The van der Waals surface area contributed by atoms with Crippen LogP contribution in [0.3, 0.4) is 0 Å². The number of sulfonamides is 1. The molecular formula is C8H13N3O3S. The fourth-order valence-electron chi connectivity index (χ4n) is 1.02. The number of aromatic nitrogens is 1. The number of aliphatic hydroxyl groups is 1. The van der Waals surface area contributed by atoms with E-state index in [0.29, 0.717) is 0 Å². The largest absolute Gasteiger partial charge is 0.397 e. The van der Waals surface area contributed by atoms with Crippen molar-refractivity contribution >= 4 is 15.7 Å². The van der Waals surface area contributed by atoms with E-state index in [-0.39, 0.29) is 23.7 Å². The number of likely N-dealkylation sites (N-methyl/N-ethyl adjacent to an activating group) is 1. The molecule has 0 spiro atoms. The molecule has 1 rings (SSSR count). The van der Waals surface area contributed by atoms with Crippen LogP contribution in [0.2, 0.25) is 0 Å². The summed E-state index contributed by atoms with van der Waals surface area (Å²) in [6, 6.07) is 1.33. The minimum Gasteiger partial charge on any atom is -0.397 e. The second-order valence-electron chi connectivity index (χ2n) is 3.00. The van der Waals surface area contributed by atoms with Gasteiger partial charge in [-0.25, -0.2) is 8.42 Å². The summed E-state index contributed by atoms with van der Waals surface area (Å²) in [6.45, 7) is -0.192. The zero-order valence-corrected chi connectivity index (χ0v) is 9.11. The summed E-state index contributed by atoms with van der Waals surface area (Å²) < 4.78 is 24.6. The molecule has 0 atom stereocenters. The van der Waals surface area contributed by atoms with Crippen molar-refractivity contribution in [2.45, 2.75) is 4.90 Å². The third-order valence-corrected chi connectivity index (χ3v) is 3.68. The Labute approximate surface area is 88.4 Å². The highest BCUT2D eigenvalue weighted by molar-refractivity contribution is 7.89. The number of hydrogen-bond donors (Lipinski definition) is 2. The van der Waals surface area contributed by atoms with Gasteiger partial charge in [-0.15, -0.1) is 0 Å². The average Bonchev–Trinajstić information content (AvgIpc) is 2.18. The topological polar surface area (TPSA) is 96.5 Å². The van der Waals surface area contributed by atoms with Crippen molar-refractivity contribution < 1.29 is 13.5 Å². The molecule has 0 aliphatic rings. The highest BCUT2D eigenvalue weighted by Gasteiger charge is 2.20. The molecule has 0 saturated heterocycles. The van der Waals surface area contributed by atoms with Crippen molar-refractivity contribution in [1.82, 2.24) is 9.29 Å². The third-order valence-electron chi connectivity index (χ3n) is 1.86. The van der Waals surface area contributed by atoms with Gasteiger partial charge in [0.25, 0.3) is 0 Å². The van der Waals surface area contributed by atoms with Crippen molar-refractivity contribution in [3.63, 3.8) is 0 Å². The summed E-state index contributed by atoms with van der Waals surface area (Å²) in [6.07, 6.45) is 2.59. The van der Waals surface area contributed by atoms with Gasteiger partial charge in [-0.2, -0.15) is 4.31 Å². The number of anilines is 1. The average molecular weight is 231 g/mol. The summed E-state index contributed by atoms with van der Waals surface area (Å²) in [5, 5.41) is 8.66. The number of hydrogen-bond acceptors (Lipinski definition) is 5. The number of nitrogens with zero attached hydrogens (tertiary/aromatic N) is 2. The number of pyridine rings is 1. The molecule has 1 aromatic heterocycles. The van der Waals surface area contributed by atoms with Gasteiger partial charge < -0.3 is 10.8 Å². The van der Waals surface area contributed by atoms with Crippen molar-refractivity contribution in [2.24, 2.45) is 0 Å². The molecule has 0 saturated carbocycles. The molecule has 84 valence electrons. The monoisotopic (exact) mass is 231 g/mol. The Balaban J connectivity index is 3.06. The maximum atomic E-state index is 11.8. The first-order valence-electron chi connectivity index (χ1n) is 4.26. The van der Waals surface area contributed by atoms with Crippen LogP contribution in [0.15, 0.2) is 23.4 Å². The summed E-state index contributed by atoms with van der Waals surface area (Å²) in [4.78, 5) is 3.73. The molecule has 3 N–H and O–H groups in total. The van der Waals surface area contributed by atoms with E-state index in [1.807, 2.05) is 0 Å². The summed E-state index contributed by atoms with van der Waals surface area (Å²) in [7, 11) is -2.21. The lowest BCUT2D eigenvalue weighted by Crippen LogP contribution is -2.29. The second-order valence-corrected chi connectivity index (χ2v) is 5.05. The molecule has 0 aromatic carbocycles. The summed E-state index contributed by atoms with van der Waals surface area (Å²) in [5.41, 5.74) is 5.72. The summed E-state index contributed by atoms with van der Waals surface area (Å²) >= 11 is 0. The van der Waals surface area contributed by atoms with Gasteiger partial charge >= 0.3 is 0 Å². The molecule has 6 nitrogen and oxygen atoms in total. The maximum Gasteiger partial charge on any atom is 0.244 e. The first-order valence-corrected chi connectivity index (χ1v) is 5.70. The Kier molecular flexibility index (Phi) is 3.61. The van der Waals surface area contributed by atoms with Gasteiger partial charge in [0.05, 0.1) is 12.3 Å². The van der Waals surface area contributed by atoms with Crippen LogP contribution in [0.1, 0.15) is 0 Å². The molecule has 7 heteroatoms. The molecule has 0 aliphatic heterocycles. The van der Waals surface area contributed by atoms with Crippen molar-refractivity contribution in [3.8, 4) is 0 Å². The minimum absolute atomic E-state index is 0.0263. The Hall–Kier alpha value is -1.18. The summed E-state index contributed by atoms with van der Waals surface area (Å²) in [5.74, 6) is 0. The first-order chi connectivity index (χ1) is 6.98. The van der Waals surface area contributed by atoms with E-state index in [2.05, 4.69) is 4.98 Å². The van der Waals surface area contributed by atoms with Crippen molar-refractivity contribution in [1.29, 1.82) is 0 Å². The van der Waals surface area contributed by atoms with Crippen LogP contribution < -0.4 is 5.73 Å². The molecule has 0 radical (unpaired) electrons. The number of nitrogens with two attached hydrogens (primary N) is 1. The quantitative estimate of drug-likeness (QED) is 0.712.